The first kappa shape index (κ1) is 13.5. The van der Waals surface area contributed by atoms with E-state index >= 15 is 0 Å². The summed E-state index contributed by atoms with van der Waals surface area (Å²) in [5.41, 5.74) is 0. The molecule has 5 heteroatoms. The van der Waals surface area contributed by atoms with E-state index in [9.17, 15) is 9.59 Å². The Labute approximate surface area is 89.4 Å². The van der Waals surface area contributed by atoms with Gasteiger partial charge in [-0.2, -0.15) is 0 Å². The lowest BCUT2D eigenvalue weighted by Crippen LogP contribution is -2.45. The van der Waals surface area contributed by atoms with E-state index in [-0.39, 0.29) is 12.5 Å². The highest BCUT2D eigenvalue weighted by Gasteiger charge is 2.25. The molecule has 0 radical (unpaired) electrons. The summed E-state index contributed by atoms with van der Waals surface area (Å²) in [6.07, 6.45) is 0.793. The molecule has 0 saturated carbocycles. The molecule has 1 unspecified atom stereocenters. The molecular formula is C10H17NO4. The SMILES string of the molecule is C=CCOC(=O)NC(C(=O)OC)C(C)C. The third-order valence-electron chi connectivity index (χ3n) is 1.73. The van der Waals surface area contributed by atoms with Crippen molar-refractivity contribution in [3.05, 3.63) is 12.7 Å². The van der Waals surface area contributed by atoms with Gasteiger partial charge in [-0.15, -0.1) is 0 Å². The van der Waals surface area contributed by atoms with Crippen molar-refractivity contribution in [3.63, 3.8) is 0 Å². The topological polar surface area (TPSA) is 64.6 Å². The fourth-order valence-corrected chi connectivity index (χ4v) is 0.928. The largest absolute Gasteiger partial charge is 0.467 e. The minimum absolute atomic E-state index is 0.0614. The smallest absolute Gasteiger partial charge is 0.408 e. The predicted molar refractivity (Wildman–Crippen MR) is 55.3 cm³/mol. The van der Waals surface area contributed by atoms with Gasteiger partial charge in [-0.3, -0.25) is 0 Å². The van der Waals surface area contributed by atoms with Crippen molar-refractivity contribution in [1.29, 1.82) is 0 Å². The third kappa shape index (κ3) is 5.05. The van der Waals surface area contributed by atoms with Gasteiger partial charge < -0.3 is 14.8 Å². The molecule has 0 aliphatic rings. The molecule has 1 amide bonds. The summed E-state index contributed by atoms with van der Waals surface area (Å²) in [6.45, 7) is 7.11. The molecule has 0 bridgehead atoms. The molecule has 0 aliphatic heterocycles. The van der Waals surface area contributed by atoms with Crippen LogP contribution in [0.3, 0.4) is 0 Å². The van der Waals surface area contributed by atoms with Crippen molar-refractivity contribution in [2.45, 2.75) is 19.9 Å². The summed E-state index contributed by atoms with van der Waals surface area (Å²) < 4.78 is 9.24. The third-order valence-corrected chi connectivity index (χ3v) is 1.73. The first-order valence-electron chi connectivity index (χ1n) is 4.65. The van der Waals surface area contributed by atoms with Crippen molar-refractivity contribution in [1.82, 2.24) is 5.32 Å². The van der Waals surface area contributed by atoms with Gasteiger partial charge in [-0.25, -0.2) is 9.59 Å². The van der Waals surface area contributed by atoms with Gasteiger partial charge in [0.25, 0.3) is 0 Å². The van der Waals surface area contributed by atoms with Crippen LogP contribution >= 0.6 is 0 Å². The zero-order chi connectivity index (χ0) is 11.8. The first-order chi connectivity index (χ1) is 7.02. The number of hydrogen-bond donors (Lipinski definition) is 1. The molecule has 0 spiro atoms. The van der Waals surface area contributed by atoms with Gasteiger partial charge in [0.15, 0.2) is 0 Å². The van der Waals surface area contributed by atoms with Crippen LogP contribution in [0.1, 0.15) is 13.8 Å². The monoisotopic (exact) mass is 215 g/mol. The number of rotatable bonds is 5. The Morgan fingerprint density at radius 3 is 2.47 bits per heavy atom. The number of carbonyl (C=O) groups is 2. The maximum atomic E-state index is 11.3. The first-order valence-corrected chi connectivity index (χ1v) is 4.65. The average molecular weight is 215 g/mol. The molecular weight excluding hydrogens is 198 g/mol. The standard InChI is InChI=1S/C10H17NO4/c1-5-6-15-10(13)11-8(7(2)3)9(12)14-4/h5,7-8H,1,6H2,2-4H3,(H,11,13). The summed E-state index contributed by atoms with van der Waals surface area (Å²) in [5.74, 6) is -0.547. The highest BCUT2D eigenvalue weighted by Crippen LogP contribution is 2.03. The van der Waals surface area contributed by atoms with Crippen LogP contribution in [0.5, 0.6) is 0 Å². The lowest BCUT2D eigenvalue weighted by atomic mass is 10.1. The maximum absolute atomic E-state index is 11.3. The predicted octanol–water partition coefficient (Wildman–Crippen LogP) is 1.10. The molecule has 86 valence electrons. The van der Waals surface area contributed by atoms with Gasteiger partial charge in [0, 0.05) is 0 Å². The number of methoxy groups -OCH3 is 1. The summed E-state index contributed by atoms with van der Waals surface area (Å²) in [6, 6.07) is -0.688. The highest BCUT2D eigenvalue weighted by molar-refractivity contribution is 5.81. The summed E-state index contributed by atoms with van der Waals surface area (Å²) in [7, 11) is 1.27. The number of ether oxygens (including phenoxy) is 2. The molecule has 0 aromatic heterocycles. The van der Waals surface area contributed by atoms with E-state index in [0.29, 0.717) is 0 Å². The lowest BCUT2D eigenvalue weighted by Gasteiger charge is -2.19. The Morgan fingerprint density at radius 2 is 2.07 bits per heavy atom. The molecule has 5 nitrogen and oxygen atoms in total. The molecule has 0 aromatic rings. The van der Waals surface area contributed by atoms with Gasteiger partial charge in [0.2, 0.25) is 0 Å². The van der Waals surface area contributed by atoms with Crippen molar-refractivity contribution >= 4 is 12.1 Å². The summed E-state index contributed by atoms with van der Waals surface area (Å²) in [4.78, 5) is 22.4. The number of esters is 1. The number of carbonyl (C=O) groups excluding carboxylic acids is 2. The second kappa shape index (κ2) is 6.86. The van der Waals surface area contributed by atoms with Gasteiger partial charge >= 0.3 is 12.1 Å². The van der Waals surface area contributed by atoms with Crippen molar-refractivity contribution in [2.75, 3.05) is 13.7 Å². The van der Waals surface area contributed by atoms with E-state index < -0.39 is 18.1 Å². The van der Waals surface area contributed by atoms with Crippen LogP contribution in [0, 0.1) is 5.92 Å². The summed E-state index contributed by atoms with van der Waals surface area (Å²) >= 11 is 0. The summed E-state index contributed by atoms with van der Waals surface area (Å²) in [5, 5.41) is 2.42. The van der Waals surface area contributed by atoms with Crippen LogP contribution < -0.4 is 5.32 Å². The molecule has 0 saturated heterocycles. The fraction of sp³-hybridized carbons (Fsp3) is 0.600. The molecule has 0 aliphatic carbocycles. The van der Waals surface area contributed by atoms with Gasteiger partial charge in [-0.1, -0.05) is 26.5 Å². The molecule has 0 heterocycles. The van der Waals surface area contributed by atoms with Crippen LogP contribution in [0.4, 0.5) is 4.79 Å². The Hall–Kier alpha value is -1.52. The molecule has 0 aromatic carbocycles. The molecule has 0 fully saturated rings. The van der Waals surface area contributed by atoms with E-state index in [1.807, 2.05) is 0 Å². The zero-order valence-corrected chi connectivity index (χ0v) is 9.28. The van der Waals surface area contributed by atoms with Crippen molar-refractivity contribution < 1.29 is 19.1 Å². The normalized spacial score (nSPS) is 11.7. The van der Waals surface area contributed by atoms with E-state index in [2.05, 4.69) is 16.6 Å². The molecule has 1 atom stereocenters. The second-order valence-corrected chi connectivity index (χ2v) is 3.28. The second-order valence-electron chi connectivity index (χ2n) is 3.28. The van der Waals surface area contributed by atoms with Crippen LogP contribution in [0.25, 0.3) is 0 Å². The zero-order valence-electron chi connectivity index (χ0n) is 9.28. The van der Waals surface area contributed by atoms with E-state index in [1.54, 1.807) is 13.8 Å². The number of nitrogens with one attached hydrogen (secondary N) is 1. The number of alkyl carbamates (subject to hydrolysis) is 1. The van der Waals surface area contributed by atoms with Gasteiger partial charge in [0.05, 0.1) is 7.11 Å². The average Bonchev–Trinajstić information content (AvgIpc) is 2.21. The van der Waals surface area contributed by atoms with E-state index in [4.69, 9.17) is 4.74 Å². The minimum atomic E-state index is -0.688. The number of hydrogen-bond acceptors (Lipinski definition) is 4. The highest BCUT2D eigenvalue weighted by atomic mass is 16.6. The van der Waals surface area contributed by atoms with Crippen LogP contribution in [0.2, 0.25) is 0 Å². The maximum Gasteiger partial charge on any atom is 0.408 e. The van der Waals surface area contributed by atoms with Crippen LogP contribution in [-0.2, 0) is 14.3 Å². The van der Waals surface area contributed by atoms with Gasteiger partial charge in [-0.05, 0) is 5.92 Å². The van der Waals surface area contributed by atoms with E-state index in [0.717, 1.165) is 0 Å². The number of amides is 1. The quantitative estimate of drug-likeness (QED) is 0.551. The molecule has 0 rings (SSSR count). The Morgan fingerprint density at radius 1 is 1.47 bits per heavy atom. The van der Waals surface area contributed by atoms with Gasteiger partial charge in [0.1, 0.15) is 12.6 Å². The van der Waals surface area contributed by atoms with Crippen molar-refractivity contribution in [3.8, 4) is 0 Å². The van der Waals surface area contributed by atoms with Crippen LogP contribution in [-0.4, -0.2) is 31.8 Å². The lowest BCUT2D eigenvalue weighted by molar-refractivity contribution is -0.144. The fourth-order valence-electron chi connectivity index (χ4n) is 0.928. The van der Waals surface area contributed by atoms with E-state index in [1.165, 1.54) is 13.2 Å². The van der Waals surface area contributed by atoms with Crippen LogP contribution in [0.15, 0.2) is 12.7 Å². The van der Waals surface area contributed by atoms with Crippen molar-refractivity contribution in [2.24, 2.45) is 5.92 Å². The Bertz CT molecular complexity index is 238. The minimum Gasteiger partial charge on any atom is -0.467 e. The Balaban J connectivity index is 4.22. The molecule has 15 heavy (non-hydrogen) atoms. The molecule has 1 N–H and O–H groups in total. The Kier molecular flexibility index (Phi) is 6.17.